The second-order valence-electron chi connectivity index (χ2n) is 4.82. The molecule has 17 heavy (non-hydrogen) atoms. The zero-order valence-corrected chi connectivity index (χ0v) is 11.9. The van der Waals surface area contributed by atoms with E-state index in [2.05, 4.69) is 39.0 Å². The van der Waals surface area contributed by atoms with Crippen LogP contribution in [0.5, 0.6) is 0 Å². The Morgan fingerprint density at radius 3 is 2.06 bits per heavy atom. The normalized spacial score (nSPS) is 15.9. The third-order valence-corrected chi connectivity index (χ3v) is 3.22. The van der Waals surface area contributed by atoms with Crippen molar-refractivity contribution in [2.24, 2.45) is 11.7 Å². The molecule has 0 aliphatic carbocycles. The van der Waals surface area contributed by atoms with Crippen molar-refractivity contribution in [3.63, 3.8) is 0 Å². The van der Waals surface area contributed by atoms with Crippen LogP contribution in [-0.2, 0) is 0 Å². The molecule has 1 rings (SSSR count). The highest BCUT2D eigenvalue weighted by atomic mass is 35.5. The zero-order chi connectivity index (χ0) is 12.3. The van der Waals surface area contributed by atoms with E-state index < -0.39 is 6.10 Å². The van der Waals surface area contributed by atoms with Crippen LogP contribution in [0.1, 0.15) is 43.0 Å². The summed E-state index contributed by atoms with van der Waals surface area (Å²) in [6.07, 6.45) is 0.478. The van der Waals surface area contributed by atoms with Gasteiger partial charge in [0.15, 0.2) is 0 Å². The topological polar surface area (TPSA) is 46.2 Å². The summed E-state index contributed by atoms with van der Waals surface area (Å²) in [5.74, 6) is 0.232. The van der Waals surface area contributed by atoms with Crippen molar-refractivity contribution in [2.75, 3.05) is 0 Å². The molecule has 1 aromatic carbocycles. The van der Waals surface area contributed by atoms with Crippen LogP contribution in [0.2, 0.25) is 0 Å². The minimum atomic E-state index is -0.466. The fraction of sp³-hybridized carbons (Fsp3) is 0.571. The smallest absolute Gasteiger partial charge is 0.0758 e. The van der Waals surface area contributed by atoms with Gasteiger partial charge < -0.3 is 10.8 Å². The molecule has 0 fully saturated rings. The monoisotopic (exact) mass is 257 g/mol. The highest BCUT2D eigenvalue weighted by molar-refractivity contribution is 5.85. The molecule has 0 heterocycles. The predicted molar refractivity (Wildman–Crippen MR) is 75.6 cm³/mol. The number of aliphatic hydroxyl groups is 1. The van der Waals surface area contributed by atoms with E-state index in [9.17, 15) is 5.11 Å². The molecule has 0 spiro atoms. The summed E-state index contributed by atoms with van der Waals surface area (Å²) in [4.78, 5) is 0. The molecule has 0 aromatic heterocycles. The Kier molecular flexibility index (Phi) is 6.76. The van der Waals surface area contributed by atoms with Crippen LogP contribution in [0.15, 0.2) is 18.2 Å². The first-order chi connectivity index (χ1) is 7.45. The molecule has 0 bridgehead atoms. The van der Waals surface area contributed by atoms with Gasteiger partial charge >= 0.3 is 0 Å². The van der Waals surface area contributed by atoms with Gasteiger partial charge in [0.05, 0.1) is 12.1 Å². The van der Waals surface area contributed by atoms with Crippen LogP contribution in [0, 0.1) is 19.8 Å². The Hall–Kier alpha value is -0.570. The van der Waals surface area contributed by atoms with Crippen LogP contribution >= 0.6 is 12.4 Å². The van der Waals surface area contributed by atoms with Gasteiger partial charge in [0.25, 0.3) is 0 Å². The van der Waals surface area contributed by atoms with Gasteiger partial charge in [-0.1, -0.05) is 49.6 Å². The molecule has 3 atom stereocenters. The number of nitrogens with two attached hydrogens (primary N) is 1. The standard InChI is InChI=1S/C14H23NO.ClH/c1-5-11(4)14(16)13(15)12-7-9(2)6-10(3)8-12;/h6-8,11,13-14,16H,5,15H2,1-4H3;1H/t11?,13-,14+;/m0./s1. The lowest BCUT2D eigenvalue weighted by atomic mass is 9.90. The molecule has 3 N–H and O–H groups in total. The quantitative estimate of drug-likeness (QED) is 0.871. The van der Waals surface area contributed by atoms with Gasteiger partial charge in [0, 0.05) is 0 Å². The minimum Gasteiger partial charge on any atom is -0.391 e. The lowest BCUT2D eigenvalue weighted by Gasteiger charge is -2.24. The maximum Gasteiger partial charge on any atom is 0.0758 e. The Bertz CT molecular complexity index is 334. The third kappa shape index (κ3) is 4.30. The fourth-order valence-corrected chi connectivity index (χ4v) is 1.99. The molecular weight excluding hydrogens is 234 g/mol. The summed E-state index contributed by atoms with van der Waals surface area (Å²) in [6, 6.07) is 5.95. The van der Waals surface area contributed by atoms with E-state index >= 15 is 0 Å². The van der Waals surface area contributed by atoms with E-state index in [1.807, 2.05) is 6.92 Å². The predicted octanol–water partition coefficient (Wildman–Crippen LogP) is 3.13. The summed E-state index contributed by atoms with van der Waals surface area (Å²) in [7, 11) is 0. The molecule has 0 saturated heterocycles. The van der Waals surface area contributed by atoms with E-state index in [1.54, 1.807) is 0 Å². The lowest BCUT2D eigenvalue weighted by molar-refractivity contribution is 0.0879. The maximum absolute atomic E-state index is 10.1. The van der Waals surface area contributed by atoms with Gasteiger partial charge in [-0.3, -0.25) is 0 Å². The summed E-state index contributed by atoms with van der Waals surface area (Å²) >= 11 is 0. The van der Waals surface area contributed by atoms with Gasteiger partial charge in [0.2, 0.25) is 0 Å². The number of aliphatic hydroxyl groups excluding tert-OH is 1. The number of halogens is 1. The van der Waals surface area contributed by atoms with E-state index in [1.165, 1.54) is 11.1 Å². The molecule has 2 nitrogen and oxygen atoms in total. The van der Waals surface area contributed by atoms with Crippen molar-refractivity contribution in [3.8, 4) is 0 Å². The molecule has 0 radical (unpaired) electrons. The fourth-order valence-electron chi connectivity index (χ4n) is 1.99. The maximum atomic E-state index is 10.1. The Balaban J connectivity index is 0.00000256. The molecule has 98 valence electrons. The Morgan fingerprint density at radius 1 is 1.18 bits per heavy atom. The highest BCUT2D eigenvalue weighted by Gasteiger charge is 2.21. The number of hydrogen-bond donors (Lipinski definition) is 2. The van der Waals surface area contributed by atoms with Crippen molar-refractivity contribution >= 4 is 12.4 Å². The van der Waals surface area contributed by atoms with Crippen molar-refractivity contribution in [3.05, 3.63) is 34.9 Å². The first-order valence-electron chi connectivity index (χ1n) is 5.97. The average Bonchev–Trinajstić information content (AvgIpc) is 2.24. The molecule has 1 aromatic rings. The Labute approximate surface area is 111 Å². The van der Waals surface area contributed by atoms with Crippen LogP contribution in [0.4, 0.5) is 0 Å². The molecule has 0 saturated carbocycles. The summed E-state index contributed by atoms with van der Waals surface area (Å²) in [5.41, 5.74) is 9.53. The second-order valence-corrected chi connectivity index (χ2v) is 4.82. The van der Waals surface area contributed by atoms with Gasteiger partial charge in [-0.25, -0.2) is 0 Å². The first kappa shape index (κ1) is 16.4. The minimum absolute atomic E-state index is 0. The van der Waals surface area contributed by atoms with Gasteiger partial charge in [-0.2, -0.15) is 0 Å². The van der Waals surface area contributed by atoms with Crippen molar-refractivity contribution < 1.29 is 5.11 Å². The zero-order valence-electron chi connectivity index (χ0n) is 11.1. The third-order valence-electron chi connectivity index (χ3n) is 3.22. The van der Waals surface area contributed by atoms with Crippen LogP contribution in [-0.4, -0.2) is 11.2 Å². The number of hydrogen-bond acceptors (Lipinski definition) is 2. The van der Waals surface area contributed by atoms with Gasteiger partial charge in [0.1, 0.15) is 0 Å². The molecular formula is C14H24ClNO. The Morgan fingerprint density at radius 2 is 1.65 bits per heavy atom. The van der Waals surface area contributed by atoms with Crippen LogP contribution in [0.25, 0.3) is 0 Å². The first-order valence-corrected chi connectivity index (χ1v) is 5.97. The van der Waals surface area contributed by atoms with E-state index in [0.29, 0.717) is 0 Å². The van der Waals surface area contributed by atoms with Gasteiger partial charge in [-0.15, -0.1) is 12.4 Å². The summed E-state index contributed by atoms with van der Waals surface area (Å²) in [6.45, 7) is 8.22. The number of aryl methyl sites for hydroxylation is 2. The lowest BCUT2D eigenvalue weighted by Crippen LogP contribution is -2.31. The van der Waals surface area contributed by atoms with Gasteiger partial charge in [-0.05, 0) is 25.3 Å². The van der Waals surface area contributed by atoms with Crippen molar-refractivity contribution in [1.29, 1.82) is 0 Å². The second kappa shape index (κ2) is 7.00. The van der Waals surface area contributed by atoms with Crippen LogP contribution in [0.3, 0.4) is 0 Å². The average molecular weight is 258 g/mol. The molecule has 0 aliphatic rings. The summed E-state index contributed by atoms with van der Waals surface area (Å²) < 4.78 is 0. The van der Waals surface area contributed by atoms with E-state index in [0.717, 1.165) is 12.0 Å². The van der Waals surface area contributed by atoms with Crippen molar-refractivity contribution in [1.82, 2.24) is 0 Å². The molecule has 0 aliphatic heterocycles. The largest absolute Gasteiger partial charge is 0.391 e. The number of rotatable bonds is 4. The summed E-state index contributed by atoms with van der Waals surface area (Å²) in [5, 5.41) is 10.1. The van der Waals surface area contributed by atoms with E-state index in [-0.39, 0.29) is 24.4 Å². The highest BCUT2D eigenvalue weighted by Crippen LogP contribution is 2.23. The molecule has 3 heteroatoms. The SMILES string of the molecule is CCC(C)[C@@H](O)[C@@H](N)c1cc(C)cc(C)c1.Cl. The molecule has 1 unspecified atom stereocenters. The van der Waals surface area contributed by atoms with Crippen LogP contribution < -0.4 is 5.73 Å². The molecule has 0 amide bonds. The van der Waals surface area contributed by atoms with Crippen molar-refractivity contribution in [2.45, 2.75) is 46.3 Å². The van der Waals surface area contributed by atoms with E-state index in [4.69, 9.17) is 5.73 Å². The number of benzene rings is 1.